The van der Waals surface area contributed by atoms with Crippen molar-refractivity contribution in [3.63, 3.8) is 0 Å². The summed E-state index contributed by atoms with van der Waals surface area (Å²) in [6.07, 6.45) is 0. The van der Waals surface area contributed by atoms with Crippen LogP contribution in [0.4, 0.5) is 5.69 Å². The van der Waals surface area contributed by atoms with Crippen LogP contribution in [0, 0.1) is 0 Å². The van der Waals surface area contributed by atoms with Gasteiger partial charge in [0.25, 0.3) is 5.91 Å². The summed E-state index contributed by atoms with van der Waals surface area (Å²) in [5.41, 5.74) is 2.95. The molecule has 1 amide bonds. The summed E-state index contributed by atoms with van der Waals surface area (Å²) in [6.45, 7) is 0.777. The van der Waals surface area contributed by atoms with Crippen molar-refractivity contribution < 1.29 is 33.2 Å². The van der Waals surface area contributed by atoms with Gasteiger partial charge in [-0.3, -0.25) is 4.79 Å². The Morgan fingerprint density at radius 2 is 1.10 bits per heavy atom. The van der Waals surface area contributed by atoms with Crippen molar-refractivity contribution in [2.24, 2.45) is 0 Å². The minimum Gasteiger partial charge on any atom is -0.485 e. The van der Waals surface area contributed by atoms with Crippen molar-refractivity contribution >= 4 is 11.6 Å². The fraction of sp³-hybridized carbons (Fsp3) is 0.194. The molecule has 0 unspecified atom stereocenters. The van der Waals surface area contributed by atoms with Gasteiger partial charge in [0.05, 0.1) is 0 Å². The van der Waals surface area contributed by atoms with Crippen LogP contribution in [0.25, 0.3) is 0 Å². The molecule has 0 heterocycles. The van der Waals surface area contributed by atoms with Gasteiger partial charge in [0, 0.05) is 31.5 Å². The van der Waals surface area contributed by atoms with E-state index >= 15 is 0 Å². The quantitative estimate of drug-likeness (QED) is 0.199. The molecule has 39 heavy (non-hydrogen) atoms. The lowest BCUT2D eigenvalue weighted by Crippen LogP contribution is -2.13. The Kier molecular flexibility index (Phi) is 10.2. The topological polar surface area (TPSA) is 84.5 Å². The molecule has 8 nitrogen and oxygen atoms in total. The molecule has 4 aromatic carbocycles. The molecule has 0 spiro atoms. The maximum atomic E-state index is 13.2. The van der Waals surface area contributed by atoms with Gasteiger partial charge in [-0.15, -0.1) is 0 Å². The van der Waals surface area contributed by atoms with Crippen LogP contribution in [0.2, 0.25) is 0 Å². The van der Waals surface area contributed by atoms with E-state index in [0.717, 1.165) is 11.1 Å². The number of rotatable bonds is 14. The molecule has 4 aromatic rings. The van der Waals surface area contributed by atoms with E-state index in [1.807, 2.05) is 60.7 Å². The summed E-state index contributed by atoms with van der Waals surface area (Å²) in [4.78, 5) is 13.2. The minimum absolute atomic E-state index is 0.0211. The van der Waals surface area contributed by atoms with Gasteiger partial charge in [-0.1, -0.05) is 60.7 Å². The van der Waals surface area contributed by atoms with Gasteiger partial charge in [0.15, 0.2) is 36.6 Å². The van der Waals surface area contributed by atoms with Crippen LogP contribution in [-0.4, -0.2) is 33.7 Å². The second-order valence-corrected chi connectivity index (χ2v) is 8.43. The SMILES string of the molecule is COCOc1ccc(NC(=O)c2ccc(OCc3ccccc3)c(OCc3ccccc3)c2)cc1OCOC. The van der Waals surface area contributed by atoms with E-state index in [4.69, 9.17) is 28.4 Å². The highest BCUT2D eigenvalue weighted by atomic mass is 16.7. The van der Waals surface area contributed by atoms with Crippen LogP contribution >= 0.6 is 0 Å². The molecular formula is C31H31NO7. The molecular weight excluding hydrogens is 498 g/mol. The molecule has 0 aromatic heterocycles. The Hall–Kier alpha value is -4.53. The first kappa shape index (κ1) is 27.5. The summed E-state index contributed by atoms with van der Waals surface area (Å²) in [5.74, 6) is 1.56. The third-order valence-corrected chi connectivity index (χ3v) is 5.55. The van der Waals surface area contributed by atoms with Crippen molar-refractivity contribution in [2.75, 3.05) is 33.1 Å². The van der Waals surface area contributed by atoms with Crippen LogP contribution in [0.3, 0.4) is 0 Å². The Morgan fingerprint density at radius 1 is 0.590 bits per heavy atom. The highest BCUT2D eigenvalue weighted by molar-refractivity contribution is 6.04. The van der Waals surface area contributed by atoms with Gasteiger partial charge >= 0.3 is 0 Å². The third-order valence-electron chi connectivity index (χ3n) is 5.55. The van der Waals surface area contributed by atoms with Gasteiger partial charge in [-0.2, -0.15) is 0 Å². The molecule has 4 rings (SSSR count). The number of amides is 1. The highest BCUT2D eigenvalue weighted by Crippen LogP contribution is 2.33. The number of anilines is 1. The smallest absolute Gasteiger partial charge is 0.255 e. The zero-order chi connectivity index (χ0) is 27.3. The lowest BCUT2D eigenvalue weighted by Gasteiger charge is -2.16. The monoisotopic (exact) mass is 529 g/mol. The molecule has 0 radical (unpaired) electrons. The Balaban J connectivity index is 1.52. The van der Waals surface area contributed by atoms with E-state index in [1.165, 1.54) is 14.2 Å². The second kappa shape index (κ2) is 14.4. The zero-order valence-corrected chi connectivity index (χ0v) is 21.9. The summed E-state index contributed by atoms with van der Waals surface area (Å²) in [6, 6.07) is 29.8. The number of benzene rings is 4. The Bertz CT molecular complexity index is 1330. The van der Waals surface area contributed by atoms with Gasteiger partial charge in [0.2, 0.25) is 0 Å². The Labute approximate surface area is 228 Å². The molecule has 0 fully saturated rings. The largest absolute Gasteiger partial charge is 0.485 e. The van der Waals surface area contributed by atoms with E-state index in [2.05, 4.69) is 5.32 Å². The lowest BCUT2D eigenvalue weighted by atomic mass is 10.1. The molecule has 0 aliphatic rings. The number of carbonyl (C=O) groups excluding carboxylic acids is 1. The summed E-state index contributed by atoms with van der Waals surface area (Å²) in [7, 11) is 3.05. The molecule has 0 aliphatic carbocycles. The summed E-state index contributed by atoms with van der Waals surface area (Å²) >= 11 is 0. The van der Waals surface area contributed by atoms with Crippen LogP contribution in [0.1, 0.15) is 21.5 Å². The van der Waals surface area contributed by atoms with Gasteiger partial charge < -0.3 is 33.7 Å². The van der Waals surface area contributed by atoms with Crippen LogP contribution < -0.4 is 24.3 Å². The molecule has 0 saturated heterocycles. The fourth-order valence-corrected chi connectivity index (χ4v) is 3.62. The first-order chi connectivity index (χ1) is 19.2. The first-order valence-electron chi connectivity index (χ1n) is 12.3. The number of hydrogen-bond acceptors (Lipinski definition) is 7. The van der Waals surface area contributed by atoms with Crippen LogP contribution in [0.5, 0.6) is 23.0 Å². The molecule has 202 valence electrons. The number of hydrogen-bond donors (Lipinski definition) is 1. The number of carbonyl (C=O) groups is 1. The predicted octanol–water partition coefficient (Wildman–Crippen LogP) is 6.06. The summed E-state index contributed by atoms with van der Waals surface area (Å²) in [5, 5.41) is 2.89. The average Bonchev–Trinajstić information content (AvgIpc) is 2.98. The molecule has 0 aliphatic heterocycles. The van der Waals surface area contributed by atoms with Crippen molar-refractivity contribution in [3.05, 3.63) is 114 Å². The predicted molar refractivity (Wildman–Crippen MR) is 147 cm³/mol. The standard InChI is InChI=1S/C31H31NO7/c1-34-21-38-28-16-14-26(18-30(28)39-22-35-2)32-31(33)25-13-15-27(36-19-23-9-5-3-6-10-23)29(17-25)37-20-24-11-7-4-8-12-24/h3-18H,19-22H2,1-2H3,(H,32,33). The number of ether oxygens (including phenoxy) is 6. The maximum Gasteiger partial charge on any atom is 0.255 e. The van der Waals surface area contributed by atoms with Crippen molar-refractivity contribution in [1.29, 1.82) is 0 Å². The van der Waals surface area contributed by atoms with E-state index < -0.39 is 0 Å². The minimum atomic E-state index is -0.322. The van der Waals surface area contributed by atoms with Crippen molar-refractivity contribution in [3.8, 4) is 23.0 Å². The normalized spacial score (nSPS) is 10.5. The molecule has 1 N–H and O–H groups in total. The first-order valence-corrected chi connectivity index (χ1v) is 12.3. The lowest BCUT2D eigenvalue weighted by molar-refractivity contribution is 0.0323. The van der Waals surface area contributed by atoms with Crippen LogP contribution in [-0.2, 0) is 22.7 Å². The number of methoxy groups -OCH3 is 2. The van der Waals surface area contributed by atoms with Crippen molar-refractivity contribution in [2.45, 2.75) is 13.2 Å². The van der Waals surface area contributed by atoms with Gasteiger partial charge in [-0.05, 0) is 41.5 Å². The maximum absolute atomic E-state index is 13.2. The average molecular weight is 530 g/mol. The molecule has 0 bridgehead atoms. The number of nitrogens with one attached hydrogen (secondary N) is 1. The molecule has 8 heteroatoms. The highest BCUT2D eigenvalue weighted by Gasteiger charge is 2.15. The van der Waals surface area contributed by atoms with E-state index in [1.54, 1.807) is 36.4 Å². The third kappa shape index (κ3) is 8.23. The van der Waals surface area contributed by atoms with E-state index in [0.29, 0.717) is 47.5 Å². The summed E-state index contributed by atoms with van der Waals surface area (Å²) < 4.78 is 33.2. The molecule has 0 atom stereocenters. The van der Waals surface area contributed by atoms with Crippen LogP contribution in [0.15, 0.2) is 97.1 Å². The fourth-order valence-electron chi connectivity index (χ4n) is 3.62. The molecule has 0 saturated carbocycles. The Morgan fingerprint density at radius 3 is 1.72 bits per heavy atom. The van der Waals surface area contributed by atoms with Gasteiger partial charge in [-0.25, -0.2) is 0 Å². The second-order valence-electron chi connectivity index (χ2n) is 8.43. The van der Waals surface area contributed by atoms with E-state index in [9.17, 15) is 4.79 Å². The zero-order valence-electron chi connectivity index (χ0n) is 21.9. The van der Waals surface area contributed by atoms with E-state index in [-0.39, 0.29) is 19.5 Å². The van der Waals surface area contributed by atoms with Crippen molar-refractivity contribution in [1.82, 2.24) is 0 Å². The van der Waals surface area contributed by atoms with Gasteiger partial charge in [0.1, 0.15) is 13.2 Å².